The van der Waals surface area contributed by atoms with E-state index in [4.69, 9.17) is 4.74 Å². The number of ether oxygens (including phenoxy) is 1. The van der Waals surface area contributed by atoms with E-state index in [-0.39, 0.29) is 30.6 Å². The van der Waals surface area contributed by atoms with E-state index < -0.39 is 0 Å². The van der Waals surface area contributed by atoms with Crippen LogP contribution in [0.4, 0.5) is 0 Å². The summed E-state index contributed by atoms with van der Waals surface area (Å²) in [4.78, 5) is 14.6. The summed E-state index contributed by atoms with van der Waals surface area (Å²) in [6.07, 6.45) is 1.50. The molecule has 1 saturated heterocycles. The highest BCUT2D eigenvalue weighted by molar-refractivity contribution is 5.84. The molecule has 1 N–H and O–H groups in total. The number of amides is 1. The van der Waals surface area contributed by atoms with Gasteiger partial charge in [0.15, 0.2) is 0 Å². The van der Waals surface area contributed by atoms with Gasteiger partial charge in [0.1, 0.15) is 0 Å². The molecule has 4 nitrogen and oxygen atoms in total. The highest BCUT2D eigenvalue weighted by Gasteiger charge is 2.37. The van der Waals surface area contributed by atoms with Crippen molar-refractivity contribution in [1.29, 1.82) is 0 Å². The Labute approximate surface area is 120 Å². The van der Waals surface area contributed by atoms with Crippen LogP contribution in [-0.2, 0) is 9.53 Å². The lowest BCUT2D eigenvalue weighted by atomic mass is 9.95. The van der Waals surface area contributed by atoms with Crippen LogP contribution in [-0.4, -0.2) is 48.3 Å². The minimum absolute atomic E-state index is 0.00315. The molecule has 1 amide bonds. The number of carbonyl (C=O) groups is 1. The molecule has 0 radical (unpaired) electrons. The summed E-state index contributed by atoms with van der Waals surface area (Å²) in [5.74, 6) is -0.0434. The highest BCUT2D eigenvalue weighted by atomic mass is 16.5. The number of likely N-dealkylation sites (tertiary alicyclic amines) is 1. The van der Waals surface area contributed by atoms with Crippen molar-refractivity contribution in [1.82, 2.24) is 4.90 Å². The number of hydrogen-bond acceptors (Lipinski definition) is 3. The topological polar surface area (TPSA) is 49.8 Å². The van der Waals surface area contributed by atoms with Crippen LogP contribution in [0.2, 0.25) is 0 Å². The molecule has 3 atom stereocenters. The van der Waals surface area contributed by atoms with E-state index in [1.165, 1.54) is 0 Å². The van der Waals surface area contributed by atoms with E-state index >= 15 is 0 Å². The van der Waals surface area contributed by atoms with Crippen molar-refractivity contribution in [2.75, 3.05) is 20.3 Å². The number of aliphatic hydroxyl groups excluding tert-OH is 1. The Hall–Kier alpha value is -1.39. The Kier molecular flexibility index (Phi) is 5.15. The van der Waals surface area contributed by atoms with Crippen LogP contribution in [0.1, 0.15) is 31.2 Å². The van der Waals surface area contributed by atoms with Gasteiger partial charge in [0.25, 0.3) is 0 Å². The van der Waals surface area contributed by atoms with E-state index in [1.807, 2.05) is 37.3 Å². The van der Waals surface area contributed by atoms with Gasteiger partial charge in [-0.2, -0.15) is 0 Å². The Morgan fingerprint density at radius 2 is 2.15 bits per heavy atom. The lowest BCUT2D eigenvalue weighted by molar-refractivity contribution is -0.134. The molecule has 4 heteroatoms. The minimum Gasteiger partial charge on any atom is -0.394 e. The normalized spacial score (nSPS) is 23.9. The highest BCUT2D eigenvalue weighted by Crippen LogP contribution is 2.27. The maximum Gasteiger partial charge on any atom is 0.230 e. The monoisotopic (exact) mass is 277 g/mol. The summed E-state index contributed by atoms with van der Waals surface area (Å²) in [7, 11) is 1.65. The van der Waals surface area contributed by atoms with Crippen LogP contribution in [0.3, 0.4) is 0 Å². The number of rotatable bonds is 5. The average Bonchev–Trinajstić information content (AvgIpc) is 2.92. The summed E-state index contributed by atoms with van der Waals surface area (Å²) >= 11 is 0. The molecular weight excluding hydrogens is 254 g/mol. The SMILES string of the molecule is CCC(C(=O)N1C[C@@H](OC)C[C@H]1CO)c1ccccc1. The van der Waals surface area contributed by atoms with Gasteiger partial charge in [0.05, 0.1) is 24.7 Å². The second kappa shape index (κ2) is 6.86. The fourth-order valence-corrected chi connectivity index (χ4v) is 2.93. The Bertz CT molecular complexity index is 435. The first kappa shape index (κ1) is 15.0. The van der Waals surface area contributed by atoms with E-state index in [1.54, 1.807) is 12.0 Å². The molecule has 1 aromatic carbocycles. The van der Waals surface area contributed by atoms with Gasteiger partial charge in [-0.25, -0.2) is 0 Å². The fourth-order valence-electron chi connectivity index (χ4n) is 2.93. The standard InChI is InChI=1S/C16H23NO3/c1-3-15(12-7-5-4-6-8-12)16(19)17-10-14(20-2)9-13(17)11-18/h4-8,13-15,18H,3,9-11H2,1-2H3/t13-,14-,15?/m0/s1. The zero-order valence-electron chi connectivity index (χ0n) is 12.2. The zero-order valence-corrected chi connectivity index (χ0v) is 12.2. The van der Waals surface area contributed by atoms with E-state index in [2.05, 4.69) is 0 Å². The molecule has 0 bridgehead atoms. The lowest BCUT2D eigenvalue weighted by Crippen LogP contribution is -2.40. The molecular formula is C16H23NO3. The van der Waals surface area contributed by atoms with Gasteiger partial charge in [-0.1, -0.05) is 37.3 Å². The maximum atomic E-state index is 12.8. The van der Waals surface area contributed by atoms with Crippen molar-refractivity contribution in [3.63, 3.8) is 0 Å². The van der Waals surface area contributed by atoms with Crippen LogP contribution < -0.4 is 0 Å². The van der Waals surface area contributed by atoms with Crippen LogP contribution in [0.15, 0.2) is 30.3 Å². The average molecular weight is 277 g/mol. The molecule has 1 aliphatic rings. The predicted octanol–water partition coefficient (Wildman–Crippen LogP) is 1.79. The third-order valence-corrected chi connectivity index (χ3v) is 4.11. The first-order valence-electron chi connectivity index (χ1n) is 7.20. The summed E-state index contributed by atoms with van der Waals surface area (Å²) in [5.41, 5.74) is 1.04. The smallest absolute Gasteiger partial charge is 0.230 e. The number of hydrogen-bond donors (Lipinski definition) is 1. The minimum atomic E-state index is -0.138. The zero-order chi connectivity index (χ0) is 14.5. The molecule has 1 unspecified atom stereocenters. The van der Waals surface area contributed by atoms with Crippen LogP contribution in [0, 0.1) is 0 Å². The molecule has 1 aliphatic heterocycles. The van der Waals surface area contributed by atoms with Crippen molar-refractivity contribution in [3.05, 3.63) is 35.9 Å². The molecule has 0 saturated carbocycles. The number of benzene rings is 1. The molecule has 1 aromatic rings. The maximum absolute atomic E-state index is 12.8. The van der Waals surface area contributed by atoms with Crippen LogP contribution in [0.5, 0.6) is 0 Å². The third-order valence-electron chi connectivity index (χ3n) is 4.11. The Morgan fingerprint density at radius 3 is 2.70 bits per heavy atom. The van der Waals surface area contributed by atoms with Gasteiger partial charge >= 0.3 is 0 Å². The van der Waals surface area contributed by atoms with Gasteiger partial charge < -0.3 is 14.7 Å². The number of nitrogens with zero attached hydrogens (tertiary/aromatic N) is 1. The molecule has 0 aliphatic carbocycles. The predicted molar refractivity (Wildman–Crippen MR) is 77.5 cm³/mol. The van der Waals surface area contributed by atoms with Crippen LogP contribution >= 0.6 is 0 Å². The first-order chi connectivity index (χ1) is 9.71. The van der Waals surface area contributed by atoms with Crippen molar-refractivity contribution in [2.24, 2.45) is 0 Å². The summed E-state index contributed by atoms with van der Waals surface area (Å²) in [6.45, 7) is 2.59. The molecule has 1 heterocycles. The van der Waals surface area contributed by atoms with Gasteiger partial charge in [0.2, 0.25) is 5.91 Å². The van der Waals surface area contributed by atoms with Gasteiger partial charge in [-0.3, -0.25) is 4.79 Å². The molecule has 2 rings (SSSR count). The van der Waals surface area contributed by atoms with Gasteiger partial charge in [-0.15, -0.1) is 0 Å². The molecule has 0 aromatic heterocycles. The van der Waals surface area contributed by atoms with Crippen LogP contribution in [0.25, 0.3) is 0 Å². The lowest BCUT2D eigenvalue weighted by Gasteiger charge is -2.27. The first-order valence-corrected chi connectivity index (χ1v) is 7.20. The van der Waals surface area contributed by atoms with Crippen molar-refractivity contribution >= 4 is 5.91 Å². The third kappa shape index (κ3) is 3.02. The quantitative estimate of drug-likeness (QED) is 0.892. The Morgan fingerprint density at radius 1 is 1.45 bits per heavy atom. The Balaban J connectivity index is 2.16. The second-order valence-electron chi connectivity index (χ2n) is 5.29. The van der Waals surface area contributed by atoms with Gasteiger partial charge in [-0.05, 0) is 18.4 Å². The number of carbonyl (C=O) groups excluding carboxylic acids is 1. The van der Waals surface area contributed by atoms with Crippen molar-refractivity contribution < 1.29 is 14.6 Å². The fraction of sp³-hybridized carbons (Fsp3) is 0.562. The summed E-state index contributed by atoms with van der Waals surface area (Å²) in [6, 6.07) is 9.72. The molecule has 110 valence electrons. The van der Waals surface area contributed by atoms with E-state index in [0.29, 0.717) is 13.0 Å². The van der Waals surface area contributed by atoms with Gasteiger partial charge in [0, 0.05) is 13.7 Å². The van der Waals surface area contributed by atoms with Crippen molar-refractivity contribution in [2.45, 2.75) is 37.8 Å². The summed E-state index contributed by atoms with van der Waals surface area (Å²) < 4.78 is 5.34. The number of aliphatic hydroxyl groups is 1. The largest absolute Gasteiger partial charge is 0.394 e. The molecule has 0 spiro atoms. The van der Waals surface area contributed by atoms with E-state index in [0.717, 1.165) is 12.0 Å². The molecule has 1 fully saturated rings. The van der Waals surface area contributed by atoms with Crippen molar-refractivity contribution in [3.8, 4) is 0 Å². The summed E-state index contributed by atoms with van der Waals surface area (Å²) in [5, 5.41) is 9.47. The second-order valence-corrected chi connectivity index (χ2v) is 5.29. The number of methoxy groups -OCH3 is 1. The van der Waals surface area contributed by atoms with E-state index in [9.17, 15) is 9.90 Å². The molecule has 20 heavy (non-hydrogen) atoms.